The normalized spacial score (nSPS) is 11.4. The summed E-state index contributed by atoms with van der Waals surface area (Å²) in [6.45, 7) is 1.92. The van der Waals surface area contributed by atoms with Crippen molar-refractivity contribution in [2.45, 2.75) is 13.0 Å². The van der Waals surface area contributed by atoms with Gasteiger partial charge in [-0.25, -0.2) is 0 Å². The fraction of sp³-hybridized carbons (Fsp3) is 0.130. The lowest BCUT2D eigenvalue weighted by Crippen LogP contribution is -2.27. The van der Waals surface area contributed by atoms with Crippen LogP contribution in [0.3, 0.4) is 0 Å². The Morgan fingerprint density at radius 2 is 1.46 bits per heavy atom. The van der Waals surface area contributed by atoms with Gasteiger partial charge in [0.15, 0.2) is 0 Å². The standard InChI is InChI=1S/C23H22N2O3/c1-16(17-9-4-3-5-10-17)24-22(26)18-11-8-12-19(15-18)23(27)25-20-13-6-7-14-21(20)28-2/h3-16H,1-2H3,(H,24,26)(H,25,27). The van der Waals surface area contributed by atoms with Gasteiger partial charge in [0.05, 0.1) is 18.8 Å². The van der Waals surface area contributed by atoms with E-state index in [-0.39, 0.29) is 17.9 Å². The van der Waals surface area contributed by atoms with Gasteiger partial charge in [0.25, 0.3) is 11.8 Å². The number of methoxy groups -OCH3 is 1. The highest BCUT2D eigenvalue weighted by Gasteiger charge is 2.14. The van der Waals surface area contributed by atoms with Crippen LogP contribution in [0.2, 0.25) is 0 Å². The van der Waals surface area contributed by atoms with Gasteiger partial charge >= 0.3 is 0 Å². The van der Waals surface area contributed by atoms with Crippen LogP contribution in [0.4, 0.5) is 5.69 Å². The van der Waals surface area contributed by atoms with Crippen LogP contribution in [0.5, 0.6) is 5.75 Å². The number of carbonyl (C=O) groups is 2. The number of benzene rings is 3. The van der Waals surface area contributed by atoms with Gasteiger partial charge in [-0.1, -0.05) is 48.5 Å². The third kappa shape index (κ3) is 4.57. The molecule has 0 heterocycles. The maximum Gasteiger partial charge on any atom is 0.255 e. The fourth-order valence-electron chi connectivity index (χ4n) is 2.85. The van der Waals surface area contributed by atoms with Crippen molar-refractivity contribution in [3.63, 3.8) is 0 Å². The molecule has 0 fully saturated rings. The smallest absolute Gasteiger partial charge is 0.255 e. The van der Waals surface area contributed by atoms with E-state index in [4.69, 9.17) is 4.74 Å². The number of hydrogen-bond donors (Lipinski definition) is 2. The quantitative estimate of drug-likeness (QED) is 0.670. The van der Waals surface area contributed by atoms with Crippen molar-refractivity contribution in [2.24, 2.45) is 0 Å². The maximum absolute atomic E-state index is 12.6. The molecule has 28 heavy (non-hydrogen) atoms. The lowest BCUT2D eigenvalue weighted by Gasteiger charge is -2.15. The summed E-state index contributed by atoms with van der Waals surface area (Å²) in [4.78, 5) is 25.2. The van der Waals surface area contributed by atoms with Gasteiger partial charge in [0, 0.05) is 11.1 Å². The van der Waals surface area contributed by atoms with Gasteiger partial charge in [0.2, 0.25) is 0 Å². The lowest BCUT2D eigenvalue weighted by atomic mass is 10.1. The predicted molar refractivity (Wildman–Crippen MR) is 110 cm³/mol. The first kappa shape index (κ1) is 19.2. The Kier molecular flexibility index (Phi) is 6.07. The predicted octanol–water partition coefficient (Wildman–Crippen LogP) is 4.44. The zero-order chi connectivity index (χ0) is 19.9. The summed E-state index contributed by atoms with van der Waals surface area (Å²) in [5.74, 6) is 0.0278. The van der Waals surface area contributed by atoms with Crippen LogP contribution in [0.1, 0.15) is 39.2 Å². The van der Waals surface area contributed by atoms with Crippen LogP contribution in [0, 0.1) is 0 Å². The molecule has 2 amide bonds. The van der Waals surface area contributed by atoms with Gasteiger partial charge in [0.1, 0.15) is 5.75 Å². The molecule has 0 aliphatic rings. The monoisotopic (exact) mass is 374 g/mol. The third-order valence-electron chi connectivity index (χ3n) is 4.39. The molecule has 0 bridgehead atoms. The number of para-hydroxylation sites is 2. The number of carbonyl (C=O) groups excluding carboxylic acids is 2. The highest BCUT2D eigenvalue weighted by atomic mass is 16.5. The largest absolute Gasteiger partial charge is 0.495 e. The molecular formula is C23H22N2O3. The maximum atomic E-state index is 12.6. The summed E-state index contributed by atoms with van der Waals surface area (Å²) in [5.41, 5.74) is 2.41. The second kappa shape index (κ2) is 8.86. The van der Waals surface area contributed by atoms with Crippen molar-refractivity contribution in [3.8, 4) is 5.75 Å². The first-order valence-electron chi connectivity index (χ1n) is 8.98. The molecule has 3 aromatic carbocycles. The van der Waals surface area contributed by atoms with Crippen LogP contribution >= 0.6 is 0 Å². The lowest BCUT2D eigenvalue weighted by molar-refractivity contribution is 0.0940. The van der Waals surface area contributed by atoms with E-state index in [0.29, 0.717) is 22.6 Å². The Labute approximate surface area is 164 Å². The Bertz CT molecular complexity index is 970. The zero-order valence-corrected chi connectivity index (χ0v) is 15.8. The molecule has 0 aliphatic heterocycles. The summed E-state index contributed by atoms with van der Waals surface area (Å²) < 4.78 is 5.25. The average Bonchev–Trinajstić information content (AvgIpc) is 2.74. The first-order chi connectivity index (χ1) is 13.6. The number of anilines is 1. The summed E-state index contributed by atoms with van der Waals surface area (Å²) >= 11 is 0. The molecular weight excluding hydrogens is 352 g/mol. The van der Waals surface area contributed by atoms with E-state index in [1.165, 1.54) is 0 Å². The summed E-state index contributed by atoms with van der Waals surface area (Å²) in [6, 6.07) is 23.4. The summed E-state index contributed by atoms with van der Waals surface area (Å²) in [7, 11) is 1.55. The van der Waals surface area contributed by atoms with E-state index >= 15 is 0 Å². The first-order valence-corrected chi connectivity index (χ1v) is 8.98. The summed E-state index contributed by atoms with van der Waals surface area (Å²) in [6.07, 6.45) is 0. The number of ether oxygens (including phenoxy) is 1. The van der Waals surface area contributed by atoms with E-state index in [2.05, 4.69) is 10.6 Å². The van der Waals surface area contributed by atoms with E-state index in [9.17, 15) is 9.59 Å². The van der Waals surface area contributed by atoms with Gasteiger partial charge in [-0.15, -0.1) is 0 Å². The van der Waals surface area contributed by atoms with Gasteiger partial charge < -0.3 is 15.4 Å². The highest BCUT2D eigenvalue weighted by molar-refractivity contribution is 6.06. The minimum Gasteiger partial charge on any atom is -0.495 e. The van der Waals surface area contributed by atoms with Crippen molar-refractivity contribution in [2.75, 3.05) is 12.4 Å². The van der Waals surface area contributed by atoms with Gasteiger partial charge in [-0.3, -0.25) is 9.59 Å². The number of amides is 2. The van der Waals surface area contributed by atoms with Crippen LogP contribution in [0.15, 0.2) is 78.9 Å². The molecule has 1 unspecified atom stereocenters. The van der Waals surface area contributed by atoms with Gasteiger partial charge in [-0.2, -0.15) is 0 Å². The molecule has 2 N–H and O–H groups in total. The topological polar surface area (TPSA) is 67.4 Å². The minimum absolute atomic E-state index is 0.139. The average molecular weight is 374 g/mol. The van der Waals surface area contributed by atoms with Gasteiger partial charge in [-0.05, 0) is 42.8 Å². The van der Waals surface area contributed by atoms with E-state index in [1.54, 1.807) is 43.5 Å². The zero-order valence-electron chi connectivity index (χ0n) is 15.8. The minimum atomic E-state index is -0.310. The van der Waals surface area contributed by atoms with Crippen LogP contribution in [-0.4, -0.2) is 18.9 Å². The van der Waals surface area contributed by atoms with Crippen molar-refractivity contribution < 1.29 is 14.3 Å². The molecule has 0 spiro atoms. The second-order valence-corrected chi connectivity index (χ2v) is 6.34. The molecule has 5 nitrogen and oxygen atoms in total. The molecule has 5 heteroatoms. The van der Waals surface area contributed by atoms with Crippen molar-refractivity contribution in [1.29, 1.82) is 0 Å². The van der Waals surface area contributed by atoms with E-state index < -0.39 is 0 Å². The SMILES string of the molecule is COc1ccccc1NC(=O)c1cccc(C(=O)NC(C)c2ccccc2)c1. The van der Waals surface area contributed by atoms with Crippen molar-refractivity contribution in [3.05, 3.63) is 95.6 Å². The summed E-state index contributed by atoms with van der Waals surface area (Å²) in [5, 5.41) is 5.77. The van der Waals surface area contributed by atoms with E-state index in [0.717, 1.165) is 5.56 Å². The molecule has 0 aliphatic carbocycles. The van der Waals surface area contributed by atoms with Crippen LogP contribution in [0.25, 0.3) is 0 Å². The molecule has 0 saturated carbocycles. The second-order valence-electron chi connectivity index (χ2n) is 6.34. The molecule has 142 valence electrons. The molecule has 0 aromatic heterocycles. The number of nitrogens with one attached hydrogen (secondary N) is 2. The van der Waals surface area contributed by atoms with Crippen LogP contribution < -0.4 is 15.4 Å². The van der Waals surface area contributed by atoms with Crippen molar-refractivity contribution >= 4 is 17.5 Å². The number of rotatable bonds is 6. The van der Waals surface area contributed by atoms with E-state index in [1.807, 2.05) is 49.4 Å². The molecule has 0 radical (unpaired) electrons. The van der Waals surface area contributed by atoms with Crippen molar-refractivity contribution in [1.82, 2.24) is 5.32 Å². The Hall–Kier alpha value is -3.60. The molecule has 1 atom stereocenters. The van der Waals surface area contributed by atoms with Crippen LogP contribution in [-0.2, 0) is 0 Å². The molecule has 0 saturated heterocycles. The highest BCUT2D eigenvalue weighted by Crippen LogP contribution is 2.23. The molecule has 3 rings (SSSR count). The third-order valence-corrected chi connectivity index (χ3v) is 4.39. The molecule has 3 aromatic rings. The fourth-order valence-corrected chi connectivity index (χ4v) is 2.85. The Morgan fingerprint density at radius 1 is 0.821 bits per heavy atom. The Morgan fingerprint density at radius 3 is 2.18 bits per heavy atom. The Balaban J connectivity index is 1.72. The number of hydrogen-bond acceptors (Lipinski definition) is 3.